The summed E-state index contributed by atoms with van der Waals surface area (Å²) < 4.78 is 18.7. The molecule has 3 aliphatic carbocycles. The van der Waals surface area contributed by atoms with Crippen LogP contribution in [0.15, 0.2) is 18.2 Å². The number of carbonyl (C=O) groups is 1. The van der Waals surface area contributed by atoms with Gasteiger partial charge in [0, 0.05) is 0 Å². The monoisotopic (exact) mass is 462 g/mol. The van der Waals surface area contributed by atoms with Crippen LogP contribution < -0.4 is 4.74 Å². The molecule has 2 nitrogen and oxygen atoms in total. The van der Waals surface area contributed by atoms with Crippen molar-refractivity contribution in [3.05, 3.63) is 29.0 Å². The number of hydrogen-bond acceptors (Lipinski definition) is 2. The highest BCUT2D eigenvalue weighted by Crippen LogP contribution is 2.46. The quantitative estimate of drug-likeness (QED) is 0.312. The Labute approximate surface area is 198 Å². The van der Waals surface area contributed by atoms with Crippen LogP contribution in [-0.4, -0.2) is 5.97 Å². The molecule has 1 aromatic rings. The van der Waals surface area contributed by atoms with Crippen LogP contribution in [0.2, 0.25) is 5.02 Å². The zero-order valence-electron chi connectivity index (χ0n) is 19.7. The van der Waals surface area contributed by atoms with Crippen LogP contribution in [0.4, 0.5) is 4.39 Å². The van der Waals surface area contributed by atoms with E-state index < -0.39 is 5.82 Å². The molecule has 0 aliphatic heterocycles. The van der Waals surface area contributed by atoms with Gasteiger partial charge in [0.2, 0.25) is 0 Å². The molecule has 0 amide bonds. The SMILES string of the molecule is CCC[C@H]1CC[C@H]([C@H]2CC[C@H]([C@H]3CC[C@H](C(=O)Oc4ccc(F)cc4Cl)CC3)CC2)CC1. The maximum Gasteiger partial charge on any atom is 0.314 e. The molecule has 0 N–H and O–H groups in total. The molecule has 32 heavy (non-hydrogen) atoms. The lowest BCUT2D eigenvalue weighted by Gasteiger charge is -2.41. The van der Waals surface area contributed by atoms with Crippen molar-refractivity contribution in [2.45, 2.75) is 96.8 Å². The first-order valence-electron chi connectivity index (χ1n) is 13.2. The van der Waals surface area contributed by atoms with Crippen LogP contribution in [0, 0.1) is 41.3 Å². The summed E-state index contributed by atoms with van der Waals surface area (Å²) in [6, 6.07) is 3.91. The molecule has 3 aliphatic rings. The van der Waals surface area contributed by atoms with Gasteiger partial charge in [-0.25, -0.2) is 4.39 Å². The van der Waals surface area contributed by atoms with E-state index in [-0.39, 0.29) is 22.7 Å². The lowest BCUT2D eigenvalue weighted by Crippen LogP contribution is -2.31. The Morgan fingerprint density at radius 1 is 0.875 bits per heavy atom. The summed E-state index contributed by atoms with van der Waals surface area (Å²) in [5.41, 5.74) is 0. The smallest absolute Gasteiger partial charge is 0.314 e. The molecule has 1 aromatic carbocycles. The third kappa shape index (κ3) is 6.07. The molecule has 0 unspecified atom stereocenters. The molecular weight excluding hydrogens is 423 g/mol. The lowest BCUT2D eigenvalue weighted by atomic mass is 9.65. The average Bonchev–Trinajstić information content (AvgIpc) is 2.82. The van der Waals surface area contributed by atoms with Gasteiger partial charge < -0.3 is 4.74 Å². The predicted molar refractivity (Wildman–Crippen MR) is 128 cm³/mol. The van der Waals surface area contributed by atoms with Crippen LogP contribution in [0.1, 0.15) is 96.8 Å². The van der Waals surface area contributed by atoms with E-state index in [9.17, 15) is 9.18 Å². The average molecular weight is 463 g/mol. The fourth-order valence-electron chi connectivity index (χ4n) is 7.02. The third-order valence-corrected chi connectivity index (χ3v) is 9.24. The van der Waals surface area contributed by atoms with Crippen molar-refractivity contribution in [1.29, 1.82) is 0 Å². The molecule has 3 saturated carbocycles. The Kier molecular flexibility index (Phi) is 8.54. The second-order valence-corrected chi connectivity index (χ2v) is 11.3. The highest BCUT2D eigenvalue weighted by molar-refractivity contribution is 6.32. The van der Waals surface area contributed by atoms with E-state index in [1.54, 1.807) is 0 Å². The minimum atomic E-state index is -0.422. The van der Waals surface area contributed by atoms with Gasteiger partial charge in [0.25, 0.3) is 0 Å². The van der Waals surface area contributed by atoms with Gasteiger partial charge in [0.1, 0.15) is 11.6 Å². The fourth-order valence-corrected chi connectivity index (χ4v) is 7.23. The number of esters is 1. The lowest BCUT2D eigenvalue weighted by molar-refractivity contribution is -0.140. The molecule has 0 radical (unpaired) electrons. The summed E-state index contributed by atoms with van der Waals surface area (Å²) in [6.45, 7) is 2.32. The van der Waals surface area contributed by atoms with Crippen LogP contribution in [0.3, 0.4) is 0 Å². The number of benzene rings is 1. The second kappa shape index (κ2) is 11.4. The topological polar surface area (TPSA) is 26.3 Å². The molecule has 178 valence electrons. The Morgan fingerprint density at radius 2 is 1.38 bits per heavy atom. The van der Waals surface area contributed by atoms with Crippen molar-refractivity contribution >= 4 is 17.6 Å². The molecule has 0 bridgehead atoms. The van der Waals surface area contributed by atoms with E-state index in [1.807, 2.05) is 0 Å². The maximum atomic E-state index is 13.2. The molecule has 4 heteroatoms. The van der Waals surface area contributed by atoms with Crippen LogP contribution in [0.5, 0.6) is 5.75 Å². The molecule has 0 aromatic heterocycles. The van der Waals surface area contributed by atoms with Crippen LogP contribution in [0.25, 0.3) is 0 Å². The van der Waals surface area contributed by atoms with Gasteiger partial charge in [-0.1, -0.05) is 44.2 Å². The molecular formula is C28H40ClFO2. The summed E-state index contributed by atoms with van der Waals surface area (Å²) in [5, 5.41) is 0.155. The minimum absolute atomic E-state index is 0.0537. The van der Waals surface area contributed by atoms with Gasteiger partial charge in [-0.05, 0) is 112 Å². The summed E-state index contributed by atoms with van der Waals surface area (Å²) in [6.07, 6.45) is 18.4. The largest absolute Gasteiger partial charge is 0.425 e. The van der Waals surface area contributed by atoms with Gasteiger partial charge in [0.05, 0.1) is 10.9 Å². The fraction of sp³-hybridized carbons (Fsp3) is 0.750. The summed E-state index contributed by atoms with van der Waals surface area (Å²) in [5.74, 6) is 4.18. The zero-order valence-corrected chi connectivity index (χ0v) is 20.4. The highest BCUT2D eigenvalue weighted by atomic mass is 35.5. The number of carbonyl (C=O) groups excluding carboxylic acids is 1. The molecule has 0 saturated heterocycles. The predicted octanol–water partition coefficient (Wildman–Crippen LogP) is 8.60. The first-order valence-corrected chi connectivity index (χ1v) is 13.6. The highest BCUT2D eigenvalue weighted by Gasteiger charge is 2.36. The van der Waals surface area contributed by atoms with E-state index in [0.29, 0.717) is 0 Å². The second-order valence-electron chi connectivity index (χ2n) is 10.9. The van der Waals surface area contributed by atoms with E-state index in [4.69, 9.17) is 16.3 Å². The van der Waals surface area contributed by atoms with E-state index >= 15 is 0 Å². The molecule has 0 atom stereocenters. The van der Waals surface area contributed by atoms with Gasteiger partial charge in [-0.3, -0.25) is 4.79 Å². The van der Waals surface area contributed by atoms with Crippen molar-refractivity contribution in [2.75, 3.05) is 0 Å². The first-order chi connectivity index (χ1) is 15.5. The van der Waals surface area contributed by atoms with Gasteiger partial charge in [-0.15, -0.1) is 0 Å². The van der Waals surface area contributed by atoms with Crippen molar-refractivity contribution in [1.82, 2.24) is 0 Å². The Hall–Kier alpha value is -1.09. The number of rotatable bonds is 6. The molecule has 4 rings (SSSR count). The molecule has 0 heterocycles. The van der Waals surface area contributed by atoms with E-state index in [2.05, 4.69) is 6.92 Å². The minimum Gasteiger partial charge on any atom is -0.425 e. The first kappa shape index (κ1) is 24.0. The summed E-state index contributed by atoms with van der Waals surface area (Å²) in [4.78, 5) is 12.6. The Balaban J connectivity index is 1.18. The van der Waals surface area contributed by atoms with Gasteiger partial charge in [-0.2, -0.15) is 0 Å². The number of halogens is 2. The van der Waals surface area contributed by atoms with Crippen LogP contribution in [-0.2, 0) is 4.79 Å². The summed E-state index contributed by atoms with van der Waals surface area (Å²) in [7, 11) is 0. The zero-order chi connectivity index (χ0) is 22.5. The Morgan fingerprint density at radius 3 is 1.88 bits per heavy atom. The van der Waals surface area contributed by atoms with Crippen molar-refractivity contribution in [2.24, 2.45) is 35.5 Å². The normalized spacial score (nSPS) is 33.6. The summed E-state index contributed by atoms with van der Waals surface area (Å²) >= 11 is 6.01. The molecule has 0 spiro atoms. The van der Waals surface area contributed by atoms with E-state index in [0.717, 1.165) is 55.3 Å². The van der Waals surface area contributed by atoms with Crippen molar-refractivity contribution in [3.63, 3.8) is 0 Å². The maximum absolute atomic E-state index is 13.2. The van der Waals surface area contributed by atoms with Crippen molar-refractivity contribution < 1.29 is 13.9 Å². The van der Waals surface area contributed by atoms with E-state index in [1.165, 1.54) is 82.4 Å². The Bertz CT molecular complexity index is 742. The van der Waals surface area contributed by atoms with Gasteiger partial charge in [0.15, 0.2) is 0 Å². The standard InChI is InChI=1S/C28H40ClFO2/c1-2-3-19-4-6-20(7-5-19)21-8-10-22(11-9-21)23-12-14-24(15-13-23)28(31)32-27-17-16-25(30)18-26(27)29/h16-24H,2-15H2,1H3/t19-,20-,21-,22-,23-,24-. The number of hydrogen-bond donors (Lipinski definition) is 0. The third-order valence-electron chi connectivity index (χ3n) is 8.95. The van der Waals surface area contributed by atoms with Crippen molar-refractivity contribution in [3.8, 4) is 5.75 Å². The van der Waals surface area contributed by atoms with Crippen LogP contribution >= 0.6 is 11.6 Å². The molecule has 3 fully saturated rings. The van der Waals surface area contributed by atoms with Gasteiger partial charge >= 0.3 is 5.97 Å². The number of ether oxygens (including phenoxy) is 1.